The highest BCUT2D eigenvalue weighted by Gasteiger charge is 2.11. The van der Waals surface area contributed by atoms with Crippen LogP contribution in [-0.4, -0.2) is 26.2 Å². The Morgan fingerprint density at radius 3 is 2.74 bits per heavy atom. The molecule has 1 heterocycles. The summed E-state index contributed by atoms with van der Waals surface area (Å²) in [7, 11) is 0. The van der Waals surface area contributed by atoms with Crippen molar-refractivity contribution in [3.63, 3.8) is 0 Å². The van der Waals surface area contributed by atoms with Crippen molar-refractivity contribution in [2.45, 2.75) is 25.7 Å². The third-order valence-corrected chi connectivity index (χ3v) is 3.77. The van der Waals surface area contributed by atoms with Gasteiger partial charge in [-0.05, 0) is 81.5 Å². The standard InChI is InChI=1S/C15H22F2N2/c16-14-1-2-15(17)13(11-14)6-10-19-9-5-12-3-7-18-8-4-12/h1-2,11-12,18-19H,3-10H2. The first-order valence-corrected chi connectivity index (χ1v) is 7.11. The summed E-state index contributed by atoms with van der Waals surface area (Å²) in [6.07, 6.45) is 4.21. The van der Waals surface area contributed by atoms with Gasteiger partial charge in [0.15, 0.2) is 0 Å². The zero-order valence-corrected chi connectivity index (χ0v) is 11.2. The number of hydrogen-bond donors (Lipinski definition) is 2. The summed E-state index contributed by atoms with van der Waals surface area (Å²) < 4.78 is 26.3. The van der Waals surface area contributed by atoms with Crippen molar-refractivity contribution >= 4 is 0 Å². The number of rotatable bonds is 6. The van der Waals surface area contributed by atoms with Gasteiger partial charge in [-0.25, -0.2) is 8.78 Å². The van der Waals surface area contributed by atoms with Gasteiger partial charge in [-0.3, -0.25) is 0 Å². The van der Waals surface area contributed by atoms with E-state index in [-0.39, 0.29) is 11.6 Å². The van der Waals surface area contributed by atoms with E-state index in [9.17, 15) is 8.78 Å². The Balaban J connectivity index is 1.62. The molecule has 1 saturated heterocycles. The molecule has 19 heavy (non-hydrogen) atoms. The Labute approximate surface area is 113 Å². The summed E-state index contributed by atoms with van der Waals surface area (Å²) in [5.41, 5.74) is 0.453. The maximum Gasteiger partial charge on any atom is 0.126 e. The predicted molar refractivity (Wildman–Crippen MR) is 73.1 cm³/mol. The summed E-state index contributed by atoms with van der Waals surface area (Å²) in [5, 5.41) is 6.67. The van der Waals surface area contributed by atoms with Crippen LogP contribution in [0.25, 0.3) is 0 Å². The van der Waals surface area contributed by atoms with E-state index in [1.807, 2.05) is 0 Å². The van der Waals surface area contributed by atoms with Crippen LogP contribution in [0.1, 0.15) is 24.8 Å². The summed E-state index contributed by atoms with van der Waals surface area (Å²) in [4.78, 5) is 0. The van der Waals surface area contributed by atoms with E-state index in [0.29, 0.717) is 18.5 Å². The molecule has 0 bridgehead atoms. The Kier molecular flexibility index (Phi) is 5.73. The first-order chi connectivity index (χ1) is 9.25. The Morgan fingerprint density at radius 1 is 1.16 bits per heavy atom. The highest BCUT2D eigenvalue weighted by molar-refractivity contribution is 5.18. The summed E-state index contributed by atoms with van der Waals surface area (Å²) in [5.74, 6) is 0.118. The third-order valence-electron chi connectivity index (χ3n) is 3.77. The summed E-state index contributed by atoms with van der Waals surface area (Å²) in [6, 6.07) is 3.63. The fourth-order valence-electron chi connectivity index (χ4n) is 2.56. The average Bonchev–Trinajstić information content (AvgIpc) is 2.43. The minimum Gasteiger partial charge on any atom is -0.317 e. The van der Waals surface area contributed by atoms with Crippen LogP contribution in [0.2, 0.25) is 0 Å². The molecular weight excluding hydrogens is 246 g/mol. The molecule has 0 spiro atoms. The lowest BCUT2D eigenvalue weighted by Gasteiger charge is -2.22. The van der Waals surface area contributed by atoms with Crippen LogP contribution in [0.5, 0.6) is 0 Å². The molecule has 1 fully saturated rings. The zero-order valence-electron chi connectivity index (χ0n) is 11.2. The molecule has 0 aliphatic carbocycles. The second kappa shape index (κ2) is 7.56. The maximum absolute atomic E-state index is 13.4. The minimum atomic E-state index is -0.369. The quantitative estimate of drug-likeness (QED) is 0.775. The van der Waals surface area contributed by atoms with E-state index in [1.165, 1.54) is 31.4 Å². The van der Waals surface area contributed by atoms with E-state index in [0.717, 1.165) is 31.6 Å². The van der Waals surface area contributed by atoms with Crippen LogP contribution in [0.4, 0.5) is 8.78 Å². The molecule has 2 nitrogen and oxygen atoms in total. The van der Waals surface area contributed by atoms with E-state index in [2.05, 4.69) is 10.6 Å². The second-order valence-electron chi connectivity index (χ2n) is 5.22. The number of nitrogens with one attached hydrogen (secondary N) is 2. The SMILES string of the molecule is Fc1ccc(F)c(CCNCCC2CCNCC2)c1. The number of benzene rings is 1. The average molecular weight is 268 g/mol. The monoisotopic (exact) mass is 268 g/mol. The predicted octanol–water partition coefficient (Wildman–Crippen LogP) is 2.49. The molecule has 0 unspecified atom stereocenters. The molecule has 4 heteroatoms. The van der Waals surface area contributed by atoms with Gasteiger partial charge in [0, 0.05) is 0 Å². The van der Waals surface area contributed by atoms with Gasteiger partial charge in [0.25, 0.3) is 0 Å². The molecule has 0 saturated carbocycles. The summed E-state index contributed by atoms with van der Waals surface area (Å²) in [6.45, 7) is 3.91. The van der Waals surface area contributed by atoms with E-state index < -0.39 is 0 Å². The van der Waals surface area contributed by atoms with E-state index in [1.54, 1.807) is 0 Å². The van der Waals surface area contributed by atoms with Crippen LogP contribution in [0, 0.1) is 17.6 Å². The van der Waals surface area contributed by atoms with Crippen molar-refractivity contribution in [1.82, 2.24) is 10.6 Å². The van der Waals surface area contributed by atoms with Gasteiger partial charge in [-0.1, -0.05) is 0 Å². The normalized spacial score (nSPS) is 16.7. The zero-order chi connectivity index (χ0) is 13.5. The van der Waals surface area contributed by atoms with Crippen molar-refractivity contribution in [2.24, 2.45) is 5.92 Å². The fraction of sp³-hybridized carbons (Fsp3) is 0.600. The first-order valence-electron chi connectivity index (χ1n) is 7.11. The van der Waals surface area contributed by atoms with E-state index in [4.69, 9.17) is 0 Å². The molecule has 0 amide bonds. The molecule has 1 aromatic rings. The molecule has 2 rings (SSSR count). The molecule has 2 N–H and O–H groups in total. The molecular formula is C15H22F2N2. The first kappa shape index (κ1) is 14.4. The van der Waals surface area contributed by atoms with Crippen molar-refractivity contribution in [1.29, 1.82) is 0 Å². The van der Waals surface area contributed by atoms with E-state index >= 15 is 0 Å². The van der Waals surface area contributed by atoms with Gasteiger partial charge in [0.2, 0.25) is 0 Å². The number of piperidine rings is 1. The molecule has 1 aromatic carbocycles. The highest BCUT2D eigenvalue weighted by Crippen LogP contribution is 2.14. The van der Waals surface area contributed by atoms with Crippen LogP contribution >= 0.6 is 0 Å². The molecule has 0 aromatic heterocycles. The molecule has 0 atom stereocenters. The topological polar surface area (TPSA) is 24.1 Å². The maximum atomic E-state index is 13.4. The van der Waals surface area contributed by atoms with Gasteiger partial charge in [0.1, 0.15) is 11.6 Å². The molecule has 106 valence electrons. The van der Waals surface area contributed by atoms with Crippen molar-refractivity contribution in [2.75, 3.05) is 26.2 Å². The van der Waals surface area contributed by atoms with Gasteiger partial charge < -0.3 is 10.6 Å². The van der Waals surface area contributed by atoms with Crippen LogP contribution in [0.3, 0.4) is 0 Å². The van der Waals surface area contributed by atoms with Gasteiger partial charge >= 0.3 is 0 Å². The van der Waals surface area contributed by atoms with Crippen LogP contribution in [0.15, 0.2) is 18.2 Å². The Morgan fingerprint density at radius 2 is 1.95 bits per heavy atom. The van der Waals surface area contributed by atoms with Gasteiger partial charge in [-0.15, -0.1) is 0 Å². The van der Waals surface area contributed by atoms with Gasteiger partial charge in [0.05, 0.1) is 0 Å². The fourth-order valence-corrected chi connectivity index (χ4v) is 2.56. The van der Waals surface area contributed by atoms with Crippen molar-refractivity contribution in [3.8, 4) is 0 Å². The molecule has 1 aliphatic heterocycles. The number of halogens is 2. The van der Waals surface area contributed by atoms with Crippen LogP contribution < -0.4 is 10.6 Å². The lowest BCUT2D eigenvalue weighted by Crippen LogP contribution is -2.30. The van der Waals surface area contributed by atoms with Crippen molar-refractivity contribution < 1.29 is 8.78 Å². The van der Waals surface area contributed by atoms with Crippen LogP contribution in [-0.2, 0) is 6.42 Å². The smallest absolute Gasteiger partial charge is 0.126 e. The number of hydrogen-bond acceptors (Lipinski definition) is 2. The highest BCUT2D eigenvalue weighted by atomic mass is 19.1. The Hall–Kier alpha value is -1.00. The molecule has 1 aliphatic rings. The minimum absolute atomic E-state index is 0.318. The summed E-state index contributed by atoms with van der Waals surface area (Å²) >= 11 is 0. The molecule has 0 radical (unpaired) electrons. The Bertz CT molecular complexity index is 390. The third kappa shape index (κ3) is 4.88. The van der Waals surface area contributed by atoms with Crippen molar-refractivity contribution in [3.05, 3.63) is 35.4 Å². The lowest BCUT2D eigenvalue weighted by atomic mass is 9.95. The second-order valence-corrected chi connectivity index (χ2v) is 5.22. The lowest BCUT2D eigenvalue weighted by molar-refractivity contribution is 0.348. The van der Waals surface area contributed by atoms with Gasteiger partial charge in [-0.2, -0.15) is 0 Å². The largest absolute Gasteiger partial charge is 0.317 e.